The SMILES string of the molecule is CN1CCCCNCCCC[N]([Ti+2])CCCC1.[Cl-].[Cl-]. The first-order chi connectivity index (χ1) is 8.29. The van der Waals surface area contributed by atoms with Gasteiger partial charge in [-0.25, -0.2) is 0 Å². The molecule has 0 bridgehead atoms. The summed E-state index contributed by atoms with van der Waals surface area (Å²) in [6, 6.07) is 0. The smallest absolute Gasteiger partial charge is 1.00 e. The van der Waals surface area contributed by atoms with E-state index in [4.69, 9.17) is 0 Å². The van der Waals surface area contributed by atoms with Crippen LogP contribution in [0.5, 0.6) is 0 Å². The fourth-order valence-corrected chi connectivity index (χ4v) is 2.71. The zero-order valence-electron chi connectivity index (χ0n) is 12.1. The predicted octanol–water partition coefficient (Wildman–Crippen LogP) is -4.37. The summed E-state index contributed by atoms with van der Waals surface area (Å²) in [5.74, 6) is 0. The standard InChI is InChI=1S/C13H28N3.2ClH.Ti/c1-16-12-6-4-10-14-8-2-3-9-15-11-5-7-13-16;;;/h14H,2-13H2,1H3;2*1H;/q-1;;;+3/p-2. The fourth-order valence-electron chi connectivity index (χ4n) is 2.22. The second kappa shape index (κ2) is 15.6. The van der Waals surface area contributed by atoms with Crippen molar-refractivity contribution in [1.29, 1.82) is 0 Å². The average molecular weight is 345 g/mol. The van der Waals surface area contributed by atoms with Crippen molar-refractivity contribution in [3.63, 3.8) is 0 Å². The van der Waals surface area contributed by atoms with Crippen LogP contribution in [0.4, 0.5) is 0 Å². The van der Waals surface area contributed by atoms with Gasteiger partial charge >= 0.3 is 119 Å². The number of nitrogens with zero attached hydrogens (tertiary/aromatic N) is 2. The number of hydrogen-bond donors (Lipinski definition) is 1. The Labute approximate surface area is 143 Å². The van der Waals surface area contributed by atoms with Crippen LogP contribution in [0.2, 0.25) is 0 Å². The number of rotatable bonds is 0. The molecule has 1 aliphatic rings. The topological polar surface area (TPSA) is 18.5 Å². The molecule has 0 unspecified atom stereocenters. The van der Waals surface area contributed by atoms with Crippen LogP contribution in [0.15, 0.2) is 0 Å². The molecule has 1 heterocycles. The van der Waals surface area contributed by atoms with Crippen LogP contribution in [0.25, 0.3) is 0 Å². The minimum atomic E-state index is 0. The molecular formula is C13H28Cl2N3Ti. The van der Waals surface area contributed by atoms with E-state index in [0.717, 1.165) is 0 Å². The maximum Gasteiger partial charge on any atom is -1.00 e. The van der Waals surface area contributed by atoms with Crippen molar-refractivity contribution in [3.8, 4) is 0 Å². The number of halogens is 2. The molecule has 0 spiro atoms. The minimum absolute atomic E-state index is 0. The molecule has 0 aliphatic carbocycles. The molecule has 1 rings (SSSR count). The summed E-state index contributed by atoms with van der Waals surface area (Å²) in [6.07, 6.45) is 8.01. The normalized spacial score (nSPS) is 22.5. The van der Waals surface area contributed by atoms with E-state index in [2.05, 4.69) is 41.3 Å². The summed E-state index contributed by atoms with van der Waals surface area (Å²) in [4.78, 5) is 2.49. The second-order valence-corrected chi connectivity index (χ2v) is 6.15. The van der Waals surface area contributed by atoms with Crippen molar-refractivity contribution in [3.05, 3.63) is 0 Å². The maximum atomic E-state index is 3.55. The molecule has 0 aromatic carbocycles. The Hall–Kier alpha value is 1.17. The van der Waals surface area contributed by atoms with E-state index >= 15 is 0 Å². The third kappa shape index (κ3) is 13.9. The van der Waals surface area contributed by atoms with Gasteiger partial charge in [0.15, 0.2) is 0 Å². The van der Waals surface area contributed by atoms with Crippen LogP contribution in [-0.2, 0) is 20.7 Å². The van der Waals surface area contributed by atoms with E-state index in [9.17, 15) is 0 Å². The van der Waals surface area contributed by atoms with Gasteiger partial charge < -0.3 is 24.8 Å². The molecule has 0 aromatic heterocycles. The summed E-state index contributed by atoms with van der Waals surface area (Å²) >= 11 is 2.26. The van der Waals surface area contributed by atoms with Crippen molar-refractivity contribution in [2.24, 2.45) is 0 Å². The van der Waals surface area contributed by atoms with Gasteiger partial charge in [0, 0.05) is 0 Å². The predicted molar refractivity (Wildman–Crippen MR) is 69.6 cm³/mol. The van der Waals surface area contributed by atoms with Gasteiger partial charge in [-0.2, -0.15) is 0 Å². The van der Waals surface area contributed by atoms with E-state index in [1.54, 1.807) is 0 Å². The van der Waals surface area contributed by atoms with Crippen LogP contribution in [0.3, 0.4) is 0 Å². The molecule has 1 N–H and O–H groups in total. The van der Waals surface area contributed by atoms with E-state index in [1.807, 2.05) is 0 Å². The van der Waals surface area contributed by atoms with E-state index < -0.39 is 0 Å². The van der Waals surface area contributed by atoms with Gasteiger partial charge in [-0.05, 0) is 0 Å². The second-order valence-electron chi connectivity index (χ2n) is 5.16. The third-order valence-electron chi connectivity index (χ3n) is 3.39. The van der Waals surface area contributed by atoms with E-state index in [1.165, 1.54) is 77.8 Å². The third-order valence-corrected chi connectivity index (χ3v) is 4.09. The van der Waals surface area contributed by atoms with Gasteiger partial charge in [0.1, 0.15) is 0 Å². The van der Waals surface area contributed by atoms with Crippen molar-refractivity contribution < 1.29 is 45.5 Å². The van der Waals surface area contributed by atoms with Crippen LogP contribution in [0, 0.1) is 0 Å². The molecule has 1 aliphatic heterocycles. The monoisotopic (exact) mass is 344 g/mol. The Bertz CT molecular complexity index is 169. The molecule has 6 heteroatoms. The molecular weight excluding hydrogens is 317 g/mol. The summed E-state index contributed by atoms with van der Waals surface area (Å²) in [6.45, 7) is 7.45. The molecule has 113 valence electrons. The molecule has 19 heavy (non-hydrogen) atoms. The molecule has 0 radical (unpaired) electrons. The van der Waals surface area contributed by atoms with Gasteiger partial charge in [0.05, 0.1) is 0 Å². The number of hydrogen-bond acceptors (Lipinski definition) is 3. The van der Waals surface area contributed by atoms with Crippen molar-refractivity contribution >= 4 is 0 Å². The van der Waals surface area contributed by atoms with Gasteiger partial charge in [-0.3, -0.25) is 0 Å². The van der Waals surface area contributed by atoms with Gasteiger partial charge in [0.25, 0.3) is 0 Å². The zero-order chi connectivity index (χ0) is 12.3. The van der Waals surface area contributed by atoms with Gasteiger partial charge in [-0.1, -0.05) is 0 Å². The maximum absolute atomic E-state index is 3.55. The Morgan fingerprint density at radius 2 is 1.16 bits per heavy atom. The quantitative estimate of drug-likeness (QED) is 0.448. The molecule has 0 amide bonds. The molecule has 0 saturated carbocycles. The summed E-state index contributed by atoms with van der Waals surface area (Å²) in [5, 5.41) is 3.55. The number of nitrogens with one attached hydrogen (secondary N) is 1. The zero-order valence-corrected chi connectivity index (χ0v) is 15.2. The summed E-state index contributed by atoms with van der Waals surface area (Å²) < 4.78 is 2.49. The first-order valence-electron chi connectivity index (χ1n) is 7.14. The molecule has 3 nitrogen and oxygen atoms in total. The largest absolute Gasteiger partial charge is 1.00 e. The summed E-state index contributed by atoms with van der Waals surface area (Å²) in [7, 11) is 2.26. The fraction of sp³-hybridized carbons (Fsp3) is 1.00. The van der Waals surface area contributed by atoms with E-state index in [-0.39, 0.29) is 24.8 Å². The Morgan fingerprint density at radius 1 is 0.737 bits per heavy atom. The van der Waals surface area contributed by atoms with Crippen molar-refractivity contribution in [2.75, 3.05) is 46.3 Å². The molecule has 0 atom stereocenters. The molecule has 1 saturated heterocycles. The Kier molecular flexibility index (Phi) is 18.4. The van der Waals surface area contributed by atoms with Crippen LogP contribution in [-0.4, -0.2) is 54.6 Å². The van der Waals surface area contributed by atoms with Crippen LogP contribution < -0.4 is 30.1 Å². The molecule has 0 aromatic rings. The Morgan fingerprint density at radius 3 is 1.74 bits per heavy atom. The van der Waals surface area contributed by atoms with Crippen molar-refractivity contribution in [1.82, 2.24) is 13.6 Å². The van der Waals surface area contributed by atoms with Crippen LogP contribution >= 0.6 is 0 Å². The van der Waals surface area contributed by atoms with Crippen LogP contribution in [0.1, 0.15) is 38.5 Å². The Balaban J connectivity index is 0. The average Bonchev–Trinajstić information content (AvgIpc) is 2.32. The first kappa shape index (κ1) is 22.5. The van der Waals surface area contributed by atoms with Crippen molar-refractivity contribution in [2.45, 2.75) is 38.5 Å². The summed E-state index contributed by atoms with van der Waals surface area (Å²) in [5.41, 5.74) is 0. The minimum Gasteiger partial charge on any atom is -1.00 e. The molecule has 1 fully saturated rings. The van der Waals surface area contributed by atoms with Gasteiger partial charge in [-0.15, -0.1) is 0 Å². The first-order valence-corrected chi connectivity index (χ1v) is 7.84. The van der Waals surface area contributed by atoms with Gasteiger partial charge in [0.2, 0.25) is 0 Å². The van der Waals surface area contributed by atoms with E-state index in [0.29, 0.717) is 0 Å².